The quantitative estimate of drug-likeness (QED) is 0.800. The maximum atomic E-state index is 12.8. The van der Waals surface area contributed by atoms with E-state index in [1.807, 2.05) is 29.2 Å². The van der Waals surface area contributed by atoms with E-state index in [0.717, 1.165) is 44.5 Å². The van der Waals surface area contributed by atoms with Crippen LogP contribution in [0.5, 0.6) is 5.75 Å². The molecule has 0 bridgehead atoms. The third-order valence-electron chi connectivity index (χ3n) is 4.67. The Kier molecular flexibility index (Phi) is 5.74. The predicted molar refractivity (Wildman–Crippen MR) is 95.8 cm³/mol. The van der Waals surface area contributed by atoms with E-state index in [-0.39, 0.29) is 5.91 Å². The normalized spacial score (nSPS) is 17.5. The van der Waals surface area contributed by atoms with E-state index < -0.39 is 0 Å². The molecule has 0 radical (unpaired) electrons. The molecule has 0 aliphatic carbocycles. The van der Waals surface area contributed by atoms with Gasteiger partial charge in [0.25, 0.3) is 5.91 Å². The summed E-state index contributed by atoms with van der Waals surface area (Å²) in [5, 5.41) is 3.81. The van der Waals surface area contributed by atoms with Gasteiger partial charge in [-0.05, 0) is 38.3 Å². The molecule has 134 valence electrons. The maximum absolute atomic E-state index is 12.8. The molecule has 2 heterocycles. The summed E-state index contributed by atoms with van der Waals surface area (Å²) in [6, 6.07) is 8.09. The molecule has 0 unspecified atom stereocenters. The number of nitrogens with zero attached hydrogens (tertiary/aromatic N) is 2. The van der Waals surface area contributed by atoms with Gasteiger partial charge in [0, 0.05) is 25.4 Å². The number of aryl methyl sites for hydroxylation is 2. The van der Waals surface area contributed by atoms with Crippen molar-refractivity contribution < 1.29 is 14.1 Å². The lowest BCUT2D eigenvalue weighted by Crippen LogP contribution is -2.41. The van der Waals surface area contributed by atoms with Crippen LogP contribution in [0, 0.1) is 12.8 Å². The van der Waals surface area contributed by atoms with Crippen LogP contribution in [0.1, 0.15) is 47.9 Å². The van der Waals surface area contributed by atoms with E-state index in [0.29, 0.717) is 23.8 Å². The summed E-state index contributed by atoms with van der Waals surface area (Å²) in [6.07, 6.45) is 5.32. The number of carbonyl (C=O) groups excluding carboxylic acids is 1. The molecule has 5 heteroatoms. The molecule has 1 amide bonds. The minimum Gasteiger partial charge on any atom is -0.493 e. The molecular weight excluding hydrogens is 316 g/mol. The number of piperidine rings is 1. The van der Waals surface area contributed by atoms with Gasteiger partial charge in [-0.3, -0.25) is 4.79 Å². The Labute approximate surface area is 148 Å². The Morgan fingerprint density at radius 3 is 2.92 bits per heavy atom. The highest BCUT2D eigenvalue weighted by molar-refractivity contribution is 5.94. The van der Waals surface area contributed by atoms with Crippen LogP contribution >= 0.6 is 0 Å². The molecule has 2 aromatic rings. The lowest BCUT2D eigenvalue weighted by Gasteiger charge is -2.32. The molecule has 1 aliphatic heterocycles. The summed E-state index contributed by atoms with van der Waals surface area (Å²) < 4.78 is 11.1. The molecule has 0 saturated carbocycles. The molecule has 1 aliphatic rings. The highest BCUT2D eigenvalue weighted by atomic mass is 16.5. The third-order valence-corrected chi connectivity index (χ3v) is 4.67. The lowest BCUT2D eigenvalue weighted by atomic mass is 9.98. The second-order valence-corrected chi connectivity index (χ2v) is 6.80. The average molecular weight is 342 g/mol. The first-order chi connectivity index (χ1) is 12.2. The fraction of sp³-hybridized carbons (Fsp3) is 0.500. The Bertz CT molecular complexity index is 693. The van der Waals surface area contributed by atoms with E-state index in [4.69, 9.17) is 9.26 Å². The first-order valence-electron chi connectivity index (χ1n) is 9.09. The van der Waals surface area contributed by atoms with Crippen molar-refractivity contribution in [2.24, 2.45) is 5.92 Å². The van der Waals surface area contributed by atoms with Gasteiger partial charge in [0.2, 0.25) is 0 Å². The van der Waals surface area contributed by atoms with Gasteiger partial charge >= 0.3 is 0 Å². The van der Waals surface area contributed by atoms with Gasteiger partial charge in [0.15, 0.2) is 0 Å². The predicted octanol–water partition coefficient (Wildman–Crippen LogP) is 3.87. The molecule has 3 rings (SSSR count). The minimum absolute atomic E-state index is 0.0322. The smallest absolute Gasteiger partial charge is 0.259 e. The molecule has 1 fully saturated rings. The second-order valence-electron chi connectivity index (χ2n) is 6.80. The van der Waals surface area contributed by atoms with Crippen molar-refractivity contribution in [3.8, 4) is 5.75 Å². The van der Waals surface area contributed by atoms with Crippen LogP contribution in [0.4, 0.5) is 0 Å². The summed E-state index contributed by atoms with van der Waals surface area (Å²) in [6.45, 7) is 6.28. The SMILES string of the molecule is CCCc1oncc1C(=O)N1CCC[C@H](COc2ccc(C)cc2)C1. The molecule has 1 aromatic carbocycles. The van der Waals surface area contributed by atoms with Gasteiger partial charge in [0.05, 0.1) is 12.8 Å². The molecule has 0 spiro atoms. The molecule has 1 aromatic heterocycles. The maximum Gasteiger partial charge on any atom is 0.259 e. The van der Waals surface area contributed by atoms with Gasteiger partial charge in [-0.15, -0.1) is 0 Å². The van der Waals surface area contributed by atoms with Crippen LogP contribution in [0.25, 0.3) is 0 Å². The van der Waals surface area contributed by atoms with Gasteiger partial charge in [-0.2, -0.15) is 0 Å². The third kappa shape index (κ3) is 4.41. The molecular formula is C20H26N2O3. The molecule has 25 heavy (non-hydrogen) atoms. The first-order valence-corrected chi connectivity index (χ1v) is 9.09. The zero-order chi connectivity index (χ0) is 17.6. The van der Waals surface area contributed by atoms with Crippen LogP contribution < -0.4 is 4.74 Å². The number of hydrogen-bond donors (Lipinski definition) is 0. The first kappa shape index (κ1) is 17.5. The van der Waals surface area contributed by atoms with E-state index in [1.165, 1.54) is 5.56 Å². The Hall–Kier alpha value is -2.30. The Morgan fingerprint density at radius 1 is 1.36 bits per heavy atom. The summed E-state index contributed by atoms with van der Waals surface area (Å²) in [5.41, 5.74) is 1.83. The number of amides is 1. The van der Waals surface area contributed by atoms with Gasteiger partial charge in [-0.25, -0.2) is 0 Å². The number of likely N-dealkylation sites (tertiary alicyclic amines) is 1. The van der Waals surface area contributed by atoms with E-state index in [9.17, 15) is 4.79 Å². The Morgan fingerprint density at radius 2 is 2.16 bits per heavy atom. The van der Waals surface area contributed by atoms with Crippen molar-refractivity contribution in [3.63, 3.8) is 0 Å². The van der Waals surface area contributed by atoms with E-state index in [2.05, 4.69) is 19.0 Å². The molecule has 1 atom stereocenters. The van der Waals surface area contributed by atoms with Crippen molar-refractivity contribution in [1.82, 2.24) is 10.1 Å². The number of ether oxygens (including phenoxy) is 1. The van der Waals surface area contributed by atoms with Crippen LogP contribution in [0.3, 0.4) is 0 Å². The molecule has 5 nitrogen and oxygen atoms in total. The fourth-order valence-electron chi connectivity index (χ4n) is 3.25. The van der Waals surface area contributed by atoms with Crippen molar-refractivity contribution in [1.29, 1.82) is 0 Å². The van der Waals surface area contributed by atoms with Gasteiger partial charge < -0.3 is 14.2 Å². The van der Waals surface area contributed by atoms with Crippen molar-refractivity contribution >= 4 is 5.91 Å². The number of hydrogen-bond acceptors (Lipinski definition) is 4. The standard InChI is InChI=1S/C20H26N2O3/c1-3-5-19-18(12-21-25-19)20(23)22-11-4-6-16(13-22)14-24-17-9-7-15(2)8-10-17/h7-10,12,16H,3-6,11,13-14H2,1-2H3/t16-/m0/s1. The van der Waals surface area contributed by atoms with Crippen LogP contribution in [0.2, 0.25) is 0 Å². The summed E-state index contributed by atoms with van der Waals surface area (Å²) in [7, 11) is 0. The van der Waals surface area contributed by atoms with Gasteiger partial charge in [0.1, 0.15) is 17.1 Å². The average Bonchev–Trinajstić information content (AvgIpc) is 3.09. The minimum atomic E-state index is 0.0322. The summed E-state index contributed by atoms with van der Waals surface area (Å²) >= 11 is 0. The molecule has 0 N–H and O–H groups in total. The van der Waals surface area contributed by atoms with Crippen molar-refractivity contribution in [2.45, 2.75) is 39.5 Å². The zero-order valence-electron chi connectivity index (χ0n) is 15.0. The van der Waals surface area contributed by atoms with Crippen LogP contribution in [-0.4, -0.2) is 35.7 Å². The highest BCUT2D eigenvalue weighted by Gasteiger charge is 2.27. The van der Waals surface area contributed by atoms with Crippen molar-refractivity contribution in [3.05, 3.63) is 47.3 Å². The monoisotopic (exact) mass is 342 g/mol. The number of rotatable bonds is 6. The highest BCUT2D eigenvalue weighted by Crippen LogP contribution is 2.22. The van der Waals surface area contributed by atoms with Gasteiger partial charge in [-0.1, -0.05) is 29.8 Å². The van der Waals surface area contributed by atoms with E-state index >= 15 is 0 Å². The fourth-order valence-corrected chi connectivity index (χ4v) is 3.25. The van der Waals surface area contributed by atoms with Crippen molar-refractivity contribution in [2.75, 3.05) is 19.7 Å². The zero-order valence-corrected chi connectivity index (χ0v) is 15.0. The Balaban J connectivity index is 1.57. The van der Waals surface area contributed by atoms with Crippen LogP contribution in [0.15, 0.2) is 35.0 Å². The number of benzene rings is 1. The lowest BCUT2D eigenvalue weighted by molar-refractivity contribution is 0.0631. The largest absolute Gasteiger partial charge is 0.493 e. The summed E-state index contributed by atoms with van der Waals surface area (Å²) in [4.78, 5) is 14.7. The molecule has 1 saturated heterocycles. The number of aromatic nitrogens is 1. The summed E-state index contributed by atoms with van der Waals surface area (Å²) in [5.74, 6) is 1.97. The topological polar surface area (TPSA) is 55.6 Å². The van der Waals surface area contributed by atoms with Crippen LogP contribution in [-0.2, 0) is 6.42 Å². The van der Waals surface area contributed by atoms with E-state index in [1.54, 1.807) is 6.20 Å². The number of carbonyl (C=O) groups is 1. The second kappa shape index (κ2) is 8.19.